The highest BCUT2D eigenvalue weighted by atomic mass is 15.0. The lowest BCUT2D eigenvalue weighted by atomic mass is 9.60. The van der Waals surface area contributed by atoms with E-state index < -0.39 is 0 Å². The first-order chi connectivity index (χ1) is 8.67. The summed E-state index contributed by atoms with van der Waals surface area (Å²) in [6.07, 6.45) is 5.47. The Balaban J connectivity index is 1.59. The average Bonchev–Trinajstić information content (AvgIpc) is 2.32. The Hall–Kier alpha value is -1.02. The SMILES string of the molecule is Cc1ccc(NC2CC3(CCNCC3)C2)c(C)c1. The van der Waals surface area contributed by atoms with Gasteiger partial charge in [0.25, 0.3) is 0 Å². The summed E-state index contributed by atoms with van der Waals surface area (Å²) in [4.78, 5) is 0. The van der Waals surface area contributed by atoms with Gasteiger partial charge in [-0.15, -0.1) is 0 Å². The molecule has 0 aromatic heterocycles. The molecule has 1 aromatic rings. The lowest BCUT2D eigenvalue weighted by Crippen LogP contribution is -2.50. The molecule has 1 heterocycles. The summed E-state index contributed by atoms with van der Waals surface area (Å²) in [7, 11) is 0. The standard InChI is InChI=1S/C16H24N2/c1-12-3-4-15(13(2)9-12)18-14-10-16(11-14)5-7-17-8-6-16/h3-4,9,14,17-18H,5-8,10-11H2,1-2H3. The fourth-order valence-electron chi connectivity index (χ4n) is 3.65. The Kier molecular flexibility index (Phi) is 3.06. The van der Waals surface area contributed by atoms with Gasteiger partial charge in [-0.05, 0) is 69.7 Å². The molecule has 0 atom stereocenters. The Morgan fingerprint density at radius 1 is 1.17 bits per heavy atom. The fraction of sp³-hybridized carbons (Fsp3) is 0.625. The smallest absolute Gasteiger partial charge is 0.0372 e. The number of hydrogen-bond acceptors (Lipinski definition) is 2. The first-order valence-corrected chi connectivity index (χ1v) is 7.21. The quantitative estimate of drug-likeness (QED) is 0.834. The van der Waals surface area contributed by atoms with Gasteiger partial charge in [-0.2, -0.15) is 0 Å². The van der Waals surface area contributed by atoms with Crippen LogP contribution in [0.25, 0.3) is 0 Å². The molecule has 1 aliphatic carbocycles. The van der Waals surface area contributed by atoms with Crippen molar-refractivity contribution in [2.24, 2.45) is 5.41 Å². The van der Waals surface area contributed by atoms with Crippen LogP contribution in [0.15, 0.2) is 18.2 Å². The van der Waals surface area contributed by atoms with Crippen molar-refractivity contribution in [1.82, 2.24) is 5.32 Å². The third-order valence-corrected chi connectivity index (χ3v) is 4.76. The van der Waals surface area contributed by atoms with Crippen molar-refractivity contribution in [3.63, 3.8) is 0 Å². The topological polar surface area (TPSA) is 24.1 Å². The minimum absolute atomic E-state index is 0.668. The average molecular weight is 244 g/mol. The van der Waals surface area contributed by atoms with Gasteiger partial charge in [0, 0.05) is 11.7 Å². The summed E-state index contributed by atoms with van der Waals surface area (Å²) in [6.45, 7) is 6.80. The molecule has 0 bridgehead atoms. The fourth-order valence-corrected chi connectivity index (χ4v) is 3.65. The summed E-state index contributed by atoms with van der Waals surface area (Å²) >= 11 is 0. The second-order valence-electron chi connectivity index (χ2n) is 6.32. The van der Waals surface area contributed by atoms with Crippen LogP contribution in [0.5, 0.6) is 0 Å². The molecule has 2 heteroatoms. The Morgan fingerprint density at radius 3 is 2.56 bits per heavy atom. The highest BCUT2D eigenvalue weighted by Crippen LogP contribution is 2.48. The number of rotatable bonds is 2. The molecule has 1 aliphatic heterocycles. The summed E-state index contributed by atoms with van der Waals surface area (Å²) in [5, 5.41) is 7.19. The minimum Gasteiger partial charge on any atom is -0.382 e. The lowest BCUT2D eigenvalue weighted by Gasteiger charge is -2.51. The molecule has 1 saturated carbocycles. The van der Waals surface area contributed by atoms with Crippen LogP contribution in [0.2, 0.25) is 0 Å². The van der Waals surface area contributed by atoms with E-state index in [1.165, 1.54) is 55.6 Å². The van der Waals surface area contributed by atoms with E-state index in [1.807, 2.05) is 0 Å². The summed E-state index contributed by atoms with van der Waals surface area (Å²) in [5.41, 5.74) is 4.72. The van der Waals surface area contributed by atoms with E-state index in [-0.39, 0.29) is 0 Å². The van der Waals surface area contributed by atoms with Crippen LogP contribution in [0, 0.1) is 19.3 Å². The molecule has 1 aromatic carbocycles. The van der Waals surface area contributed by atoms with E-state index in [1.54, 1.807) is 0 Å². The Morgan fingerprint density at radius 2 is 1.89 bits per heavy atom. The molecule has 2 aliphatic rings. The molecule has 2 nitrogen and oxygen atoms in total. The third-order valence-electron chi connectivity index (χ3n) is 4.76. The largest absolute Gasteiger partial charge is 0.382 e. The first-order valence-electron chi connectivity index (χ1n) is 7.21. The second-order valence-corrected chi connectivity index (χ2v) is 6.32. The van der Waals surface area contributed by atoms with Crippen LogP contribution in [-0.4, -0.2) is 19.1 Å². The molecule has 2 N–H and O–H groups in total. The van der Waals surface area contributed by atoms with Crippen molar-refractivity contribution in [3.05, 3.63) is 29.3 Å². The van der Waals surface area contributed by atoms with Crippen LogP contribution in [0.1, 0.15) is 36.8 Å². The molecular formula is C16H24N2. The van der Waals surface area contributed by atoms with Crippen molar-refractivity contribution >= 4 is 5.69 Å². The Bertz CT molecular complexity index is 425. The number of anilines is 1. The number of piperidine rings is 1. The number of nitrogens with one attached hydrogen (secondary N) is 2. The predicted molar refractivity (Wildman–Crippen MR) is 77.1 cm³/mol. The second kappa shape index (κ2) is 4.58. The van der Waals surface area contributed by atoms with Crippen molar-refractivity contribution in [3.8, 4) is 0 Å². The maximum Gasteiger partial charge on any atom is 0.0372 e. The molecule has 0 unspecified atom stereocenters. The van der Waals surface area contributed by atoms with E-state index in [9.17, 15) is 0 Å². The van der Waals surface area contributed by atoms with Gasteiger partial charge in [-0.3, -0.25) is 0 Å². The van der Waals surface area contributed by atoms with Crippen molar-refractivity contribution in [2.45, 2.75) is 45.6 Å². The van der Waals surface area contributed by atoms with E-state index in [2.05, 4.69) is 42.7 Å². The van der Waals surface area contributed by atoms with Gasteiger partial charge >= 0.3 is 0 Å². The monoisotopic (exact) mass is 244 g/mol. The highest BCUT2D eigenvalue weighted by molar-refractivity contribution is 5.53. The van der Waals surface area contributed by atoms with Crippen LogP contribution in [-0.2, 0) is 0 Å². The normalized spacial score (nSPS) is 22.8. The zero-order valence-corrected chi connectivity index (χ0v) is 11.6. The van der Waals surface area contributed by atoms with Crippen molar-refractivity contribution in [2.75, 3.05) is 18.4 Å². The van der Waals surface area contributed by atoms with Crippen LogP contribution < -0.4 is 10.6 Å². The van der Waals surface area contributed by atoms with Gasteiger partial charge in [-0.1, -0.05) is 17.7 Å². The molecule has 18 heavy (non-hydrogen) atoms. The van der Waals surface area contributed by atoms with Gasteiger partial charge in [0.15, 0.2) is 0 Å². The van der Waals surface area contributed by atoms with Crippen molar-refractivity contribution in [1.29, 1.82) is 0 Å². The molecule has 2 fully saturated rings. The van der Waals surface area contributed by atoms with Crippen LogP contribution >= 0.6 is 0 Å². The molecule has 3 rings (SSSR count). The molecular weight excluding hydrogens is 220 g/mol. The zero-order valence-electron chi connectivity index (χ0n) is 11.6. The summed E-state index contributed by atoms with van der Waals surface area (Å²) in [6, 6.07) is 7.40. The Labute approximate surface area is 110 Å². The molecule has 0 radical (unpaired) electrons. The number of hydrogen-bond donors (Lipinski definition) is 2. The predicted octanol–water partition coefficient (Wildman–Crippen LogP) is 3.25. The molecule has 98 valence electrons. The number of benzene rings is 1. The van der Waals surface area contributed by atoms with E-state index >= 15 is 0 Å². The van der Waals surface area contributed by atoms with Crippen LogP contribution in [0.4, 0.5) is 5.69 Å². The molecule has 1 spiro atoms. The summed E-state index contributed by atoms with van der Waals surface area (Å²) in [5.74, 6) is 0. The van der Waals surface area contributed by atoms with Gasteiger partial charge < -0.3 is 10.6 Å². The van der Waals surface area contributed by atoms with Crippen LogP contribution in [0.3, 0.4) is 0 Å². The van der Waals surface area contributed by atoms with Gasteiger partial charge in [0.2, 0.25) is 0 Å². The molecule has 1 saturated heterocycles. The number of aryl methyl sites for hydroxylation is 2. The highest BCUT2D eigenvalue weighted by Gasteiger charge is 2.44. The van der Waals surface area contributed by atoms with Gasteiger partial charge in [0.1, 0.15) is 0 Å². The minimum atomic E-state index is 0.668. The maximum atomic E-state index is 3.73. The van der Waals surface area contributed by atoms with E-state index in [0.717, 1.165) is 0 Å². The maximum absolute atomic E-state index is 3.73. The lowest BCUT2D eigenvalue weighted by molar-refractivity contribution is 0.0718. The van der Waals surface area contributed by atoms with E-state index in [0.29, 0.717) is 11.5 Å². The van der Waals surface area contributed by atoms with Crippen molar-refractivity contribution < 1.29 is 0 Å². The first kappa shape index (κ1) is 12.0. The van der Waals surface area contributed by atoms with E-state index in [4.69, 9.17) is 0 Å². The van der Waals surface area contributed by atoms with Gasteiger partial charge in [0.05, 0.1) is 0 Å². The molecule has 0 amide bonds. The zero-order chi connectivity index (χ0) is 12.6. The summed E-state index contributed by atoms with van der Waals surface area (Å²) < 4.78 is 0. The third kappa shape index (κ3) is 2.26. The van der Waals surface area contributed by atoms with Gasteiger partial charge in [-0.25, -0.2) is 0 Å².